The van der Waals surface area contributed by atoms with Crippen molar-refractivity contribution in [1.82, 2.24) is 25.1 Å². The van der Waals surface area contributed by atoms with Crippen LogP contribution in [-0.2, 0) is 12.3 Å². The van der Waals surface area contributed by atoms with Gasteiger partial charge in [0, 0.05) is 41.2 Å². The van der Waals surface area contributed by atoms with Crippen molar-refractivity contribution in [2.24, 2.45) is 0 Å². The first-order valence-corrected chi connectivity index (χ1v) is 10.5. The standard InChI is InChI=1S/C20H17N5OS2/c26-20(17-4-1-2-5-18(17)28-13-16-12-27-14-23-16)22-11-15-6-8-21-19(10-15)25-9-3-7-24-25/h1-10,12,14H,11,13H2,(H,22,26). The van der Waals surface area contributed by atoms with Crippen LogP contribution in [0.5, 0.6) is 0 Å². The topological polar surface area (TPSA) is 72.7 Å². The molecule has 3 heterocycles. The number of rotatable bonds is 7. The number of hydrogen-bond acceptors (Lipinski definition) is 6. The molecule has 0 aliphatic heterocycles. The SMILES string of the molecule is O=C(NCc1ccnc(-n2cccn2)c1)c1ccccc1SCc1cscn1. The zero-order chi connectivity index (χ0) is 19.2. The first-order chi connectivity index (χ1) is 13.8. The van der Waals surface area contributed by atoms with E-state index in [0.29, 0.717) is 12.1 Å². The number of carbonyl (C=O) groups is 1. The predicted octanol–water partition coefficient (Wildman–Crippen LogP) is 3.95. The van der Waals surface area contributed by atoms with E-state index < -0.39 is 0 Å². The number of aromatic nitrogens is 4. The van der Waals surface area contributed by atoms with Gasteiger partial charge in [0.25, 0.3) is 5.91 Å². The lowest BCUT2D eigenvalue weighted by Gasteiger charge is -2.10. The Labute approximate surface area is 170 Å². The number of nitrogens with one attached hydrogen (secondary N) is 1. The Morgan fingerprint density at radius 2 is 2.07 bits per heavy atom. The van der Waals surface area contributed by atoms with Crippen molar-refractivity contribution in [3.8, 4) is 5.82 Å². The highest BCUT2D eigenvalue weighted by molar-refractivity contribution is 7.98. The number of hydrogen-bond donors (Lipinski definition) is 1. The van der Waals surface area contributed by atoms with E-state index in [1.165, 1.54) is 0 Å². The van der Waals surface area contributed by atoms with Crippen LogP contribution in [0.15, 0.2) is 76.8 Å². The van der Waals surface area contributed by atoms with Crippen LogP contribution in [0.1, 0.15) is 21.6 Å². The second-order valence-electron chi connectivity index (χ2n) is 5.92. The first-order valence-electron chi connectivity index (χ1n) is 8.61. The Bertz CT molecular complexity index is 1050. The van der Waals surface area contributed by atoms with E-state index in [-0.39, 0.29) is 5.91 Å². The molecule has 28 heavy (non-hydrogen) atoms. The highest BCUT2D eigenvalue weighted by atomic mass is 32.2. The van der Waals surface area contributed by atoms with Crippen LogP contribution >= 0.6 is 23.1 Å². The molecule has 0 unspecified atom stereocenters. The van der Waals surface area contributed by atoms with Crippen LogP contribution in [0.25, 0.3) is 5.82 Å². The summed E-state index contributed by atoms with van der Waals surface area (Å²) in [6.07, 6.45) is 5.26. The molecule has 0 spiro atoms. The van der Waals surface area contributed by atoms with Gasteiger partial charge in [0.15, 0.2) is 5.82 Å². The third-order valence-corrected chi connectivity index (χ3v) is 5.74. The van der Waals surface area contributed by atoms with E-state index >= 15 is 0 Å². The largest absolute Gasteiger partial charge is 0.348 e. The minimum atomic E-state index is -0.0983. The Balaban J connectivity index is 1.42. The molecule has 0 aliphatic rings. The molecule has 0 bridgehead atoms. The van der Waals surface area contributed by atoms with Crippen molar-refractivity contribution in [3.63, 3.8) is 0 Å². The molecule has 6 nitrogen and oxygen atoms in total. The fraction of sp³-hybridized carbons (Fsp3) is 0.100. The molecule has 0 atom stereocenters. The van der Waals surface area contributed by atoms with Crippen LogP contribution in [0.2, 0.25) is 0 Å². The average molecular weight is 408 g/mol. The van der Waals surface area contributed by atoms with Crippen LogP contribution in [0, 0.1) is 0 Å². The van der Waals surface area contributed by atoms with Gasteiger partial charge in [-0.2, -0.15) is 5.10 Å². The van der Waals surface area contributed by atoms with Gasteiger partial charge in [0.1, 0.15) is 0 Å². The molecule has 0 saturated carbocycles. The number of benzene rings is 1. The van der Waals surface area contributed by atoms with Gasteiger partial charge in [0.2, 0.25) is 0 Å². The van der Waals surface area contributed by atoms with Gasteiger partial charge >= 0.3 is 0 Å². The lowest BCUT2D eigenvalue weighted by atomic mass is 10.2. The molecule has 0 aliphatic carbocycles. The highest BCUT2D eigenvalue weighted by Crippen LogP contribution is 2.26. The molecular weight excluding hydrogens is 390 g/mol. The van der Waals surface area contributed by atoms with Gasteiger partial charge in [-0.3, -0.25) is 4.79 Å². The van der Waals surface area contributed by atoms with Crippen molar-refractivity contribution < 1.29 is 4.79 Å². The number of amides is 1. The van der Waals surface area contributed by atoms with Crippen LogP contribution in [0.3, 0.4) is 0 Å². The third-order valence-electron chi connectivity index (χ3n) is 3.99. The van der Waals surface area contributed by atoms with Crippen LogP contribution in [0.4, 0.5) is 0 Å². The van der Waals surface area contributed by atoms with Gasteiger partial charge < -0.3 is 5.32 Å². The first kappa shape index (κ1) is 18.4. The second kappa shape index (κ2) is 8.81. The summed E-state index contributed by atoms with van der Waals surface area (Å²) < 4.78 is 1.69. The summed E-state index contributed by atoms with van der Waals surface area (Å²) in [7, 11) is 0. The maximum absolute atomic E-state index is 12.7. The highest BCUT2D eigenvalue weighted by Gasteiger charge is 2.12. The summed E-state index contributed by atoms with van der Waals surface area (Å²) in [5.74, 6) is 1.36. The maximum atomic E-state index is 12.7. The normalized spacial score (nSPS) is 10.7. The number of carbonyl (C=O) groups excluding carboxylic acids is 1. The monoisotopic (exact) mass is 407 g/mol. The number of pyridine rings is 1. The summed E-state index contributed by atoms with van der Waals surface area (Å²) in [4.78, 5) is 22.3. The van der Waals surface area contributed by atoms with Gasteiger partial charge in [-0.1, -0.05) is 12.1 Å². The molecule has 0 saturated heterocycles. The van der Waals surface area contributed by atoms with E-state index in [4.69, 9.17) is 0 Å². The molecule has 1 aromatic carbocycles. The Morgan fingerprint density at radius 1 is 1.14 bits per heavy atom. The van der Waals surface area contributed by atoms with E-state index in [0.717, 1.165) is 27.7 Å². The van der Waals surface area contributed by atoms with E-state index in [1.807, 2.05) is 59.6 Å². The zero-order valence-corrected chi connectivity index (χ0v) is 16.5. The smallest absolute Gasteiger partial charge is 0.252 e. The fourth-order valence-electron chi connectivity index (χ4n) is 2.62. The molecule has 3 aromatic heterocycles. The number of thioether (sulfide) groups is 1. The quantitative estimate of drug-likeness (QED) is 0.470. The van der Waals surface area contributed by atoms with Crippen molar-refractivity contribution in [2.45, 2.75) is 17.2 Å². The van der Waals surface area contributed by atoms with Crippen molar-refractivity contribution in [1.29, 1.82) is 0 Å². The molecule has 4 rings (SSSR count). The minimum Gasteiger partial charge on any atom is -0.348 e. The summed E-state index contributed by atoms with van der Waals surface area (Å²) in [5, 5.41) is 9.21. The molecule has 1 amide bonds. The molecule has 140 valence electrons. The van der Waals surface area contributed by atoms with E-state index in [9.17, 15) is 4.79 Å². The number of nitrogens with zero attached hydrogens (tertiary/aromatic N) is 4. The Hall–Kier alpha value is -2.97. The molecule has 1 N–H and O–H groups in total. The van der Waals surface area contributed by atoms with E-state index in [2.05, 4.69) is 20.4 Å². The number of thiazole rings is 1. The third kappa shape index (κ3) is 4.47. The Morgan fingerprint density at radius 3 is 2.89 bits per heavy atom. The average Bonchev–Trinajstić information content (AvgIpc) is 3.45. The molecular formula is C20H17N5OS2. The molecule has 0 radical (unpaired) electrons. The van der Waals surface area contributed by atoms with Crippen molar-refractivity contribution in [2.75, 3.05) is 0 Å². The van der Waals surface area contributed by atoms with Gasteiger partial charge in [-0.25, -0.2) is 14.6 Å². The van der Waals surface area contributed by atoms with Crippen LogP contribution < -0.4 is 5.32 Å². The van der Waals surface area contributed by atoms with Gasteiger partial charge in [-0.15, -0.1) is 23.1 Å². The van der Waals surface area contributed by atoms with Crippen LogP contribution in [-0.4, -0.2) is 25.7 Å². The van der Waals surface area contributed by atoms with Crippen molar-refractivity contribution in [3.05, 3.63) is 88.8 Å². The summed E-state index contributed by atoms with van der Waals surface area (Å²) in [6, 6.07) is 13.3. The Kier molecular flexibility index (Phi) is 5.79. The summed E-state index contributed by atoms with van der Waals surface area (Å²) >= 11 is 3.19. The van der Waals surface area contributed by atoms with Gasteiger partial charge in [-0.05, 0) is 35.9 Å². The summed E-state index contributed by atoms with van der Waals surface area (Å²) in [6.45, 7) is 0.417. The van der Waals surface area contributed by atoms with E-state index in [1.54, 1.807) is 40.2 Å². The molecule has 0 fully saturated rings. The lowest BCUT2D eigenvalue weighted by molar-refractivity contribution is 0.0948. The maximum Gasteiger partial charge on any atom is 0.252 e. The zero-order valence-electron chi connectivity index (χ0n) is 14.9. The fourth-order valence-corrected chi connectivity index (χ4v) is 4.23. The minimum absolute atomic E-state index is 0.0983. The summed E-state index contributed by atoms with van der Waals surface area (Å²) in [5.41, 5.74) is 4.47. The van der Waals surface area contributed by atoms with Gasteiger partial charge in [0.05, 0.1) is 16.8 Å². The van der Waals surface area contributed by atoms with Crippen molar-refractivity contribution >= 4 is 29.0 Å². The lowest BCUT2D eigenvalue weighted by Crippen LogP contribution is -2.23. The molecule has 4 aromatic rings. The predicted molar refractivity (Wildman–Crippen MR) is 111 cm³/mol. The molecule has 8 heteroatoms. The second-order valence-corrected chi connectivity index (χ2v) is 7.66.